The predicted molar refractivity (Wildman–Crippen MR) is 124 cm³/mol. The Morgan fingerprint density at radius 1 is 0.853 bits per heavy atom. The van der Waals surface area contributed by atoms with E-state index in [9.17, 15) is 22.4 Å². The zero-order valence-electron chi connectivity index (χ0n) is 17.4. The third-order valence-corrected chi connectivity index (χ3v) is 5.84. The number of alkyl halides is 3. The van der Waals surface area contributed by atoms with E-state index >= 15 is 0 Å². The minimum absolute atomic E-state index is 0.344. The molecule has 0 aliphatic rings. The molecule has 0 unspecified atom stereocenters. The highest BCUT2D eigenvalue weighted by Gasteiger charge is 2.32. The quantitative estimate of drug-likeness (QED) is 0.240. The predicted octanol–water partition coefficient (Wildman–Crippen LogP) is 6.89. The molecule has 1 amide bonds. The van der Waals surface area contributed by atoms with E-state index in [1.165, 1.54) is 30.0 Å². The lowest BCUT2D eigenvalue weighted by atomic mass is 10.0. The Morgan fingerprint density at radius 3 is 2.12 bits per heavy atom. The molecule has 172 valence electrons. The highest BCUT2D eigenvalue weighted by Crippen LogP contribution is 2.32. The summed E-state index contributed by atoms with van der Waals surface area (Å²) >= 11 is 1.23. The van der Waals surface area contributed by atoms with Crippen molar-refractivity contribution in [3.63, 3.8) is 0 Å². The highest BCUT2D eigenvalue weighted by atomic mass is 32.2. The standard InChI is InChI=1S/C25H17F4N3OS/c26-18-6-1-15(2-7-18)17-5-11-21(30)22(13-17)32-24(33)16-3-8-19(9-4-16)34-20-10-12-23(31-14-20)25(27,28)29/h1-14H,30H2,(H,32,33). The molecule has 0 saturated heterocycles. The summed E-state index contributed by atoms with van der Waals surface area (Å²) in [5.41, 5.74) is 7.77. The van der Waals surface area contributed by atoms with E-state index in [0.717, 1.165) is 28.3 Å². The second kappa shape index (κ2) is 9.56. The van der Waals surface area contributed by atoms with Crippen LogP contribution in [0.3, 0.4) is 0 Å². The number of pyridine rings is 1. The van der Waals surface area contributed by atoms with Gasteiger partial charge in [0, 0.05) is 21.6 Å². The number of nitrogens with two attached hydrogens (primary N) is 1. The lowest BCUT2D eigenvalue weighted by Gasteiger charge is -2.11. The van der Waals surface area contributed by atoms with Gasteiger partial charge in [0.05, 0.1) is 11.4 Å². The summed E-state index contributed by atoms with van der Waals surface area (Å²) in [4.78, 5) is 17.4. The van der Waals surface area contributed by atoms with Crippen LogP contribution in [0.5, 0.6) is 0 Å². The highest BCUT2D eigenvalue weighted by molar-refractivity contribution is 7.99. The Hall–Kier alpha value is -3.85. The second-order valence-corrected chi connectivity index (χ2v) is 8.41. The van der Waals surface area contributed by atoms with Crippen LogP contribution in [0, 0.1) is 5.82 Å². The van der Waals surface area contributed by atoms with Crippen LogP contribution in [-0.2, 0) is 6.18 Å². The van der Waals surface area contributed by atoms with Gasteiger partial charge in [-0.25, -0.2) is 4.39 Å². The van der Waals surface area contributed by atoms with Gasteiger partial charge >= 0.3 is 6.18 Å². The smallest absolute Gasteiger partial charge is 0.397 e. The van der Waals surface area contributed by atoms with Crippen LogP contribution >= 0.6 is 11.8 Å². The molecular weight excluding hydrogens is 466 g/mol. The molecule has 0 radical (unpaired) electrons. The van der Waals surface area contributed by atoms with Crippen LogP contribution in [0.15, 0.2) is 94.9 Å². The molecule has 3 aromatic carbocycles. The van der Waals surface area contributed by atoms with Crippen molar-refractivity contribution in [2.45, 2.75) is 16.0 Å². The first-order chi connectivity index (χ1) is 16.2. The monoisotopic (exact) mass is 483 g/mol. The molecule has 34 heavy (non-hydrogen) atoms. The molecule has 0 aliphatic carbocycles. The summed E-state index contributed by atoms with van der Waals surface area (Å²) in [6.07, 6.45) is -3.33. The topological polar surface area (TPSA) is 68.0 Å². The number of nitrogens with zero attached hydrogens (tertiary/aromatic N) is 1. The molecule has 0 bridgehead atoms. The van der Waals surface area contributed by atoms with Crippen molar-refractivity contribution in [3.05, 3.63) is 102 Å². The van der Waals surface area contributed by atoms with E-state index in [4.69, 9.17) is 5.73 Å². The van der Waals surface area contributed by atoms with Crippen molar-refractivity contribution < 1.29 is 22.4 Å². The van der Waals surface area contributed by atoms with Crippen molar-refractivity contribution in [1.29, 1.82) is 0 Å². The fourth-order valence-electron chi connectivity index (χ4n) is 3.10. The molecule has 0 saturated carbocycles. The van der Waals surface area contributed by atoms with Crippen LogP contribution in [0.1, 0.15) is 16.1 Å². The Morgan fingerprint density at radius 2 is 1.50 bits per heavy atom. The molecule has 4 rings (SSSR count). The number of hydrogen-bond donors (Lipinski definition) is 2. The van der Waals surface area contributed by atoms with Crippen LogP contribution in [0.4, 0.5) is 28.9 Å². The first-order valence-corrected chi connectivity index (χ1v) is 10.8. The number of carbonyl (C=O) groups excluding carboxylic acids is 1. The normalized spacial score (nSPS) is 11.3. The first-order valence-electron chi connectivity index (χ1n) is 9.97. The molecule has 1 heterocycles. The summed E-state index contributed by atoms with van der Waals surface area (Å²) < 4.78 is 51.1. The third kappa shape index (κ3) is 5.55. The van der Waals surface area contributed by atoms with Gasteiger partial charge in [-0.2, -0.15) is 13.2 Å². The summed E-state index contributed by atoms with van der Waals surface area (Å²) in [6, 6.07) is 20.0. The summed E-state index contributed by atoms with van der Waals surface area (Å²) in [6.45, 7) is 0. The van der Waals surface area contributed by atoms with Crippen LogP contribution in [0.25, 0.3) is 11.1 Å². The maximum Gasteiger partial charge on any atom is 0.433 e. The summed E-state index contributed by atoms with van der Waals surface area (Å²) in [5.74, 6) is -0.723. The van der Waals surface area contributed by atoms with E-state index in [1.54, 1.807) is 54.6 Å². The zero-order chi connectivity index (χ0) is 24.3. The second-order valence-electron chi connectivity index (χ2n) is 7.27. The lowest BCUT2D eigenvalue weighted by molar-refractivity contribution is -0.141. The van der Waals surface area contributed by atoms with E-state index in [-0.39, 0.29) is 11.7 Å². The fraction of sp³-hybridized carbons (Fsp3) is 0.0400. The van der Waals surface area contributed by atoms with Crippen molar-refractivity contribution in [1.82, 2.24) is 4.98 Å². The van der Waals surface area contributed by atoms with Gasteiger partial charge in [-0.1, -0.05) is 30.0 Å². The Balaban J connectivity index is 1.45. The van der Waals surface area contributed by atoms with Crippen molar-refractivity contribution >= 4 is 29.0 Å². The van der Waals surface area contributed by atoms with Crippen LogP contribution < -0.4 is 11.1 Å². The fourth-order valence-corrected chi connectivity index (χ4v) is 3.89. The maximum atomic E-state index is 13.2. The van der Waals surface area contributed by atoms with E-state index in [1.807, 2.05) is 0 Å². The summed E-state index contributed by atoms with van der Waals surface area (Å²) in [5, 5.41) is 2.78. The van der Waals surface area contributed by atoms with Gasteiger partial charge in [0.1, 0.15) is 11.5 Å². The zero-order valence-corrected chi connectivity index (χ0v) is 18.3. The maximum absolute atomic E-state index is 13.2. The Labute approximate surface area is 196 Å². The molecule has 0 atom stereocenters. The number of aromatic nitrogens is 1. The largest absolute Gasteiger partial charge is 0.433 e. The number of carbonyl (C=O) groups is 1. The number of rotatable bonds is 5. The van der Waals surface area contributed by atoms with Gasteiger partial charge in [0.2, 0.25) is 0 Å². The molecule has 9 heteroatoms. The van der Waals surface area contributed by atoms with Crippen molar-refractivity contribution in [3.8, 4) is 11.1 Å². The van der Waals surface area contributed by atoms with Gasteiger partial charge in [-0.05, 0) is 71.8 Å². The molecule has 4 aromatic rings. The molecule has 0 spiro atoms. The lowest BCUT2D eigenvalue weighted by Crippen LogP contribution is -2.13. The molecule has 3 N–H and O–H groups in total. The van der Waals surface area contributed by atoms with Crippen molar-refractivity contribution in [2.75, 3.05) is 11.1 Å². The van der Waals surface area contributed by atoms with Gasteiger partial charge in [-0.15, -0.1) is 0 Å². The number of halogens is 4. The SMILES string of the molecule is Nc1ccc(-c2ccc(F)cc2)cc1NC(=O)c1ccc(Sc2ccc(C(F)(F)F)nc2)cc1. The van der Waals surface area contributed by atoms with E-state index < -0.39 is 11.9 Å². The van der Waals surface area contributed by atoms with Gasteiger partial charge < -0.3 is 11.1 Å². The Kier molecular flexibility index (Phi) is 6.56. The number of hydrogen-bond acceptors (Lipinski definition) is 4. The molecule has 0 aliphatic heterocycles. The van der Waals surface area contributed by atoms with Crippen LogP contribution in [-0.4, -0.2) is 10.9 Å². The number of nitrogen functional groups attached to an aromatic ring is 1. The average Bonchev–Trinajstić information content (AvgIpc) is 2.81. The number of anilines is 2. The number of benzene rings is 3. The number of nitrogens with one attached hydrogen (secondary N) is 1. The van der Waals surface area contributed by atoms with Gasteiger partial charge in [-0.3, -0.25) is 9.78 Å². The molecule has 4 nitrogen and oxygen atoms in total. The minimum atomic E-state index is -4.49. The molecule has 0 fully saturated rings. The first kappa shape index (κ1) is 23.3. The van der Waals surface area contributed by atoms with Gasteiger partial charge in [0.25, 0.3) is 5.91 Å². The van der Waals surface area contributed by atoms with Crippen LogP contribution in [0.2, 0.25) is 0 Å². The van der Waals surface area contributed by atoms with Crippen molar-refractivity contribution in [2.24, 2.45) is 0 Å². The summed E-state index contributed by atoms with van der Waals surface area (Å²) in [7, 11) is 0. The van der Waals surface area contributed by atoms with E-state index in [2.05, 4.69) is 10.3 Å². The average molecular weight is 483 g/mol. The minimum Gasteiger partial charge on any atom is -0.397 e. The number of amides is 1. The van der Waals surface area contributed by atoms with Gasteiger partial charge in [0.15, 0.2) is 0 Å². The molecule has 1 aromatic heterocycles. The van der Waals surface area contributed by atoms with E-state index in [0.29, 0.717) is 21.8 Å². The molecular formula is C25H17F4N3OS. The third-order valence-electron chi connectivity index (χ3n) is 4.86. The Bertz CT molecular complexity index is 1310.